The lowest BCUT2D eigenvalue weighted by atomic mass is 9.74. The molecule has 2 rings (SSSR count). The fraction of sp³-hybridized carbons (Fsp3) is 0.577. The van der Waals surface area contributed by atoms with Crippen molar-refractivity contribution in [2.45, 2.75) is 72.8 Å². The molecule has 1 heterocycles. The van der Waals surface area contributed by atoms with Crippen molar-refractivity contribution in [2.75, 3.05) is 20.7 Å². The van der Waals surface area contributed by atoms with E-state index in [1.807, 2.05) is 33.8 Å². The topological polar surface area (TPSA) is 49.8 Å². The molecule has 172 valence electrons. The molecule has 1 unspecified atom stereocenters. The van der Waals surface area contributed by atoms with Crippen molar-refractivity contribution < 1.29 is 14.6 Å². The number of nitrogens with zero attached hydrogens (tertiary/aromatic N) is 1. The fourth-order valence-corrected chi connectivity index (χ4v) is 5.36. The quantitative estimate of drug-likeness (QED) is 0.545. The van der Waals surface area contributed by atoms with Gasteiger partial charge in [-0.15, -0.1) is 11.3 Å². The van der Waals surface area contributed by atoms with Crippen molar-refractivity contribution in [3.8, 4) is 5.75 Å². The molecule has 0 aliphatic rings. The van der Waals surface area contributed by atoms with Crippen molar-refractivity contribution in [1.82, 2.24) is 4.90 Å². The van der Waals surface area contributed by atoms with Gasteiger partial charge in [0.15, 0.2) is 0 Å². The predicted octanol–water partition coefficient (Wildman–Crippen LogP) is 5.96. The van der Waals surface area contributed by atoms with E-state index in [0.717, 1.165) is 34.6 Å². The summed E-state index contributed by atoms with van der Waals surface area (Å²) in [4.78, 5) is 16.3. The number of thiophene rings is 1. The summed E-state index contributed by atoms with van der Waals surface area (Å²) in [6.07, 6.45) is 1.36. The first-order valence-corrected chi connectivity index (χ1v) is 11.9. The maximum atomic E-state index is 12.6. The number of aliphatic hydroxyl groups excluding tert-OH is 1. The number of aryl methyl sites for hydroxylation is 2. The van der Waals surface area contributed by atoms with E-state index in [1.165, 1.54) is 10.4 Å². The van der Waals surface area contributed by atoms with E-state index in [2.05, 4.69) is 39.0 Å². The number of carbonyl (C=O) groups is 1. The number of rotatable bonds is 8. The number of benzene rings is 1. The van der Waals surface area contributed by atoms with Crippen molar-refractivity contribution in [1.29, 1.82) is 0 Å². The maximum Gasteiger partial charge on any atom is 0.263 e. The zero-order valence-corrected chi connectivity index (χ0v) is 21.4. The Labute approximate surface area is 192 Å². The minimum Gasteiger partial charge on any atom is -0.491 e. The Hall–Kier alpha value is -1.85. The smallest absolute Gasteiger partial charge is 0.263 e. The molecule has 1 aromatic heterocycles. The number of aliphatic hydroxyl groups is 1. The molecule has 31 heavy (non-hydrogen) atoms. The summed E-state index contributed by atoms with van der Waals surface area (Å²) in [6.45, 7) is 14.8. The SMILES string of the molecule is CCC(CC)(c1ccc(OCC(O)C(C)(C)C)c(C)c1)c1cc(C)c(C(=O)N(C)C)s1. The van der Waals surface area contributed by atoms with Gasteiger partial charge in [-0.2, -0.15) is 0 Å². The number of amides is 1. The second-order valence-electron chi connectivity index (χ2n) is 9.78. The van der Waals surface area contributed by atoms with Crippen LogP contribution in [-0.4, -0.2) is 42.7 Å². The minimum atomic E-state index is -0.529. The number of carbonyl (C=O) groups excluding carboxylic acids is 1. The van der Waals surface area contributed by atoms with Crippen LogP contribution in [0.25, 0.3) is 0 Å². The van der Waals surface area contributed by atoms with Gasteiger partial charge in [-0.1, -0.05) is 46.8 Å². The third-order valence-corrected chi connectivity index (χ3v) is 7.75. The molecule has 0 saturated heterocycles. The number of hydrogen-bond donors (Lipinski definition) is 1. The summed E-state index contributed by atoms with van der Waals surface area (Å²) in [5.74, 6) is 0.867. The lowest BCUT2D eigenvalue weighted by Crippen LogP contribution is -2.32. The zero-order chi connectivity index (χ0) is 23.6. The first-order chi connectivity index (χ1) is 14.4. The van der Waals surface area contributed by atoms with E-state index in [4.69, 9.17) is 4.74 Å². The molecule has 0 radical (unpaired) electrons. The maximum absolute atomic E-state index is 12.6. The molecule has 0 aliphatic heterocycles. The highest BCUT2D eigenvalue weighted by molar-refractivity contribution is 7.14. The van der Waals surface area contributed by atoms with Crippen LogP contribution in [0.1, 0.15) is 78.7 Å². The summed E-state index contributed by atoms with van der Waals surface area (Å²) >= 11 is 1.62. The predicted molar refractivity (Wildman–Crippen MR) is 131 cm³/mol. The van der Waals surface area contributed by atoms with Crippen molar-refractivity contribution >= 4 is 17.2 Å². The summed E-state index contributed by atoms with van der Waals surface area (Å²) in [7, 11) is 3.60. The van der Waals surface area contributed by atoms with Gasteiger partial charge in [0.25, 0.3) is 5.91 Å². The average molecular weight is 446 g/mol. The first-order valence-electron chi connectivity index (χ1n) is 11.1. The molecule has 0 saturated carbocycles. The standard InChI is InChI=1S/C26H39NO3S/c1-10-26(11-2,22-15-18(4)23(31-22)24(29)27(8)9)19-12-13-20(17(3)14-19)30-16-21(28)25(5,6)7/h12-15,21,28H,10-11,16H2,1-9H3. The van der Waals surface area contributed by atoms with E-state index in [-0.39, 0.29) is 23.3 Å². The van der Waals surface area contributed by atoms with Gasteiger partial charge in [0.05, 0.1) is 11.0 Å². The Morgan fingerprint density at radius 2 is 1.71 bits per heavy atom. The molecule has 0 fully saturated rings. The van der Waals surface area contributed by atoms with Crippen LogP contribution in [0, 0.1) is 19.3 Å². The molecular weight excluding hydrogens is 406 g/mol. The molecule has 1 amide bonds. The summed E-state index contributed by atoms with van der Waals surface area (Å²) in [5.41, 5.74) is 2.98. The minimum absolute atomic E-state index is 0.0622. The third kappa shape index (κ3) is 5.32. The van der Waals surface area contributed by atoms with Gasteiger partial charge >= 0.3 is 0 Å². The third-order valence-electron chi connectivity index (χ3n) is 6.32. The lowest BCUT2D eigenvalue weighted by Gasteiger charge is -2.32. The molecular formula is C26H39NO3S. The highest BCUT2D eigenvalue weighted by atomic mass is 32.1. The molecule has 4 nitrogen and oxygen atoms in total. The molecule has 0 spiro atoms. The monoisotopic (exact) mass is 445 g/mol. The zero-order valence-electron chi connectivity index (χ0n) is 20.6. The van der Waals surface area contributed by atoms with Crippen LogP contribution in [0.3, 0.4) is 0 Å². The van der Waals surface area contributed by atoms with Crippen LogP contribution in [0.4, 0.5) is 0 Å². The summed E-state index contributed by atoms with van der Waals surface area (Å²) in [5, 5.41) is 10.3. The Morgan fingerprint density at radius 1 is 1.10 bits per heavy atom. The number of hydrogen-bond acceptors (Lipinski definition) is 4. The van der Waals surface area contributed by atoms with Crippen molar-refractivity contribution in [3.63, 3.8) is 0 Å². The van der Waals surface area contributed by atoms with Crippen LogP contribution < -0.4 is 4.74 Å². The molecule has 0 bridgehead atoms. The highest BCUT2D eigenvalue weighted by Gasteiger charge is 2.34. The van der Waals surface area contributed by atoms with E-state index >= 15 is 0 Å². The van der Waals surface area contributed by atoms with Gasteiger partial charge in [-0.05, 0) is 60.9 Å². The van der Waals surface area contributed by atoms with Gasteiger partial charge in [-0.25, -0.2) is 0 Å². The largest absolute Gasteiger partial charge is 0.491 e. The Morgan fingerprint density at radius 3 is 2.19 bits per heavy atom. The van der Waals surface area contributed by atoms with Gasteiger partial charge < -0.3 is 14.7 Å². The molecule has 0 aliphatic carbocycles. The summed E-state index contributed by atoms with van der Waals surface area (Å²) in [6, 6.07) is 8.55. The van der Waals surface area contributed by atoms with Crippen LogP contribution in [0.2, 0.25) is 0 Å². The Kier molecular flexibility index (Phi) is 7.99. The molecule has 1 atom stereocenters. The first kappa shape index (κ1) is 25.4. The van der Waals surface area contributed by atoms with E-state index in [0.29, 0.717) is 0 Å². The van der Waals surface area contributed by atoms with Crippen molar-refractivity contribution in [3.05, 3.63) is 50.7 Å². The second-order valence-corrected chi connectivity index (χ2v) is 10.8. The van der Waals surface area contributed by atoms with Gasteiger partial charge in [-0.3, -0.25) is 4.79 Å². The fourth-order valence-electron chi connectivity index (χ4n) is 3.81. The molecule has 2 aromatic rings. The highest BCUT2D eigenvalue weighted by Crippen LogP contribution is 2.44. The van der Waals surface area contributed by atoms with Crippen LogP contribution in [-0.2, 0) is 5.41 Å². The second kappa shape index (κ2) is 9.74. The average Bonchev–Trinajstić information content (AvgIpc) is 3.08. The van der Waals surface area contributed by atoms with Gasteiger partial charge in [0.2, 0.25) is 0 Å². The van der Waals surface area contributed by atoms with E-state index < -0.39 is 6.10 Å². The normalized spacial score (nSPS) is 13.2. The Balaban J connectivity index is 2.40. The van der Waals surface area contributed by atoms with E-state index in [9.17, 15) is 9.90 Å². The summed E-state index contributed by atoms with van der Waals surface area (Å²) < 4.78 is 5.95. The molecule has 1 aromatic carbocycles. The van der Waals surface area contributed by atoms with E-state index in [1.54, 1.807) is 30.3 Å². The van der Waals surface area contributed by atoms with Crippen LogP contribution in [0.15, 0.2) is 24.3 Å². The van der Waals surface area contributed by atoms with Crippen molar-refractivity contribution in [2.24, 2.45) is 5.41 Å². The molecule has 5 heteroatoms. The van der Waals surface area contributed by atoms with Gasteiger partial charge in [0, 0.05) is 24.4 Å². The lowest BCUT2D eigenvalue weighted by molar-refractivity contribution is 0.0216. The van der Waals surface area contributed by atoms with Gasteiger partial charge in [0.1, 0.15) is 12.4 Å². The van der Waals surface area contributed by atoms with Crippen LogP contribution in [0.5, 0.6) is 5.75 Å². The molecule has 1 N–H and O–H groups in total. The Bertz CT molecular complexity index is 904. The van der Waals surface area contributed by atoms with Crippen LogP contribution >= 0.6 is 11.3 Å². The number of ether oxygens (including phenoxy) is 1.